The Morgan fingerprint density at radius 1 is 1.25 bits per heavy atom. The first kappa shape index (κ1) is 16.5. The Kier molecular flexibility index (Phi) is 4.81. The van der Waals surface area contributed by atoms with Crippen molar-refractivity contribution in [3.63, 3.8) is 0 Å². The SMILES string of the molecule is Cc1oc(-c2ccccc2)nc1CC(=O)N(C)[C@H](C)c1cccs1. The molecule has 2 aromatic heterocycles. The zero-order chi connectivity index (χ0) is 17.1. The van der Waals surface area contributed by atoms with Gasteiger partial charge in [-0.1, -0.05) is 24.3 Å². The number of carbonyl (C=O) groups excluding carboxylic acids is 1. The molecule has 4 nitrogen and oxygen atoms in total. The summed E-state index contributed by atoms with van der Waals surface area (Å²) in [6, 6.07) is 13.8. The van der Waals surface area contributed by atoms with Gasteiger partial charge in [0.25, 0.3) is 0 Å². The third kappa shape index (κ3) is 3.41. The number of amides is 1. The molecule has 0 radical (unpaired) electrons. The van der Waals surface area contributed by atoms with Gasteiger partial charge in [-0.25, -0.2) is 4.98 Å². The van der Waals surface area contributed by atoms with Crippen LogP contribution in [0.25, 0.3) is 11.5 Å². The van der Waals surface area contributed by atoms with E-state index in [-0.39, 0.29) is 18.4 Å². The molecule has 0 saturated carbocycles. The fourth-order valence-corrected chi connectivity index (χ4v) is 3.33. The lowest BCUT2D eigenvalue weighted by atomic mass is 10.2. The van der Waals surface area contributed by atoms with Crippen molar-refractivity contribution in [1.29, 1.82) is 0 Å². The van der Waals surface area contributed by atoms with Gasteiger partial charge in [-0.3, -0.25) is 4.79 Å². The van der Waals surface area contributed by atoms with Crippen LogP contribution in [0.1, 0.15) is 29.3 Å². The fourth-order valence-electron chi connectivity index (χ4n) is 2.50. The molecule has 0 aliphatic rings. The van der Waals surface area contributed by atoms with E-state index in [1.54, 1.807) is 16.2 Å². The smallest absolute Gasteiger partial charge is 0.228 e. The summed E-state index contributed by atoms with van der Waals surface area (Å²) in [6.45, 7) is 3.89. The van der Waals surface area contributed by atoms with E-state index in [1.165, 1.54) is 4.88 Å². The Bertz CT molecular complexity index is 809. The minimum atomic E-state index is 0.0342. The quantitative estimate of drug-likeness (QED) is 0.688. The van der Waals surface area contributed by atoms with E-state index >= 15 is 0 Å². The van der Waals surface area contributed by atoms with Crippen LogP contribution in [0.3, 0.4) is 0 Å². The third-order valence-corrected chi connectivity index (χ3v) is 5.20. The number of hydrogen-bond donors (Lipinski definition) is 0. The molecule has 124 valence electrons. The molecule has 1 amide bonds. The van der Waals surface area contributed by atoms with Crippen LogP contribution >= 0.6 is 11.3 Å². The molecule has 1 aromatic carbocycles. The topological polar surface area (TPSA) is 46.3 Å². The summed E-state index contributed by atoms with van der Waals surface area (Å²) < 4.78 is 5.73. The second-order valence-electron chi connectivity index (χ2n) is 5.76. The van der Waals surface area contributed by atoms with Gasteiger partial charge in [-0.05, 0) is 37.4 Å². The molecule has 0 bridgehead atoms. The Morgan fingerprint density at radius 3 is 2.67 bits per heavy atom. The van der Waals surface area contributed by atoms with E-state index in [0.717, 1.165) is 5.56 Å². The highest BCUT2D eigenvalue weighted by Gasteiger charge is 2.21. The number of thiophene rings is 1. The summed E-state index contributed by atoms with van der Waals surface area (Å²) in [5.74, 6) is 1.29. The largest absolute Gasteiger partial charge is 0.441 e. The van der Waals surface area contributed by atoms with Crippen LogP contribution in [-0.2, 0) is 11.2 Å². The van der Waals surface area contributed by atoms with E-state index in [4.69, 9.17) is 4.42 Å². The van der Waals surface area contributed by atoms with Gasteiger partial charge in [0.15, 0.2) is 0 Å². The van der Waals surface area contributed by atoms with Crippen molar-refractivity contribution in [1.82, 2.24) is 9.88 Å². The number of oxazole rings is 1. The molecule has 3 rings (SSSR count). The van der Waals surface area contributed by atoms with Crippen LogP contribution in [-0.4, -0.2) is 22.8 Å². The molecule has 0 aliphatic carbocycles. The maximum atomic E-state index is 12.6. The summed E-state index contributed by atoms with van der Waals surface area (Å²) in [6.07, 6.45) is 0.244. The molecule has 24 heavy (non-hydrogen) atoms. The molecule has 1 atom stereocenters. The molecule has 5 heteroatoms. The minimum absolute atomic E-state index is 0.0342. The number of aromatic nitrogens is 1. The summed E-state index contributed by atoms with van der Waals surface area (Å²) in [5.41, 5.74) is 1.61. The first-order valence-corrected chi connectivity index (χ1v) is 8.75. The molecule has 2 heterocycles. The highest BCUT2D eigenvalue weighted by atomic mass is 32.1. The monoisotopic (exact) mass is 340 g/mol. The normalized spacial score (nSPS) is 12.1. The van der Waals surface area contributed by atoms with Crippen LogP contribution < -0.4 is 0 Å². The molecule has 0 fully saturated rings. The molecule has 3 aromatic rings. The van der Waals surface area contributed by atoms with Gasteiger partial charge in [0.05, 0.1) is 18.2 Å². The van der Waals surface area contributed by atoms with Gasteiger partial charge in [-0.15, -0.1) is 11.3 Å². The predicted molar refractivity (Wildman–Crippen MR) is 95.9 cm³/mol. The second kappa shape index (κ2) is 7.01. The maximum absolute atomic E-state index is 12.6. The van der Waals surface area contributed by atoms with Gasteiger partial charge in [-0.2, -0.15) is 0 Å². The van der Waals surface area contributed by atoms with Crippen molar-refractivity contribution in [2.45, 2.75) is 26.3 Å². The molecule has 0 unspecified atom stereocenters. The number of rotatable bonds is 5. The van der Waals surface area contributed by atoms with Crippen molar-refractivity contribution >= 4 is 17.2 Å². The average molecular weight is 340 g/mol. The van der Waals surface area contributed by atoms with Gasteiger partial charge >= 0.3 is 0 Å². The third-order valence-electron chi connectivity index (χ3n) is 4.16. The molecule has 0 aliphatic heterocycles. The standard InChI is InChI=1S/C19H20N2O2S/c1-13(17-10-7-11-24-17)21(3)18(22)12-16-14(2)23-19(20-16)15-8-5-4-6-9-15/h4-11,13H,12H2,1-3H3/t13-/m1/s1. The first-order chi connectivity index (χ1) is 11.6. The number of likely N-dealkylation sites (N-methyl/N-ethyl adjacent to an activating group) is 1. The Morgan fingerprint density at radius 2 is 2.00 bits per heavy atom. The zero-order valence-electron chi connectivity index (χ0n) is 14.0. The number of aryl methyl sites for hydroxylation is 1. The number of carbonyl (C=O) groups is 1. The Labute approximate surface area is 145 Å². The average Bonchev–Trinajstić information content (AvgIpc) is 3.25. The van der Waals surface area contributed by atoms with Crippen molar-refractivity contribution in [2.75, 3.05) is 7.05 Å². The summed E-state index contributed by atoms with van der Waals surface area (Å²) in [4.78, 5) is 20.0. The number of benzene rings is 1. The van der Waals surface area contributed by atoms with E-state index < -0.39 is 0 Å². The van der Waals surface area contributed by atoms with Crippen LogP contribution in [0, 0.1) is 6.92 Å². The van der Waals surface area contributed by atoms with Crippen LogP contribution in [0.15, 0.2) is 52.3 Å². The molecule has 0 N–H and O–H groups in total. The second-order valence-corrected chi connectivity index (χ2v) is 6.74. The Balaban J connectivity index is 1.74. The maximum Gasteiger partial charge on any atom is 0.228 e. The van der Waals surface area contributed by atoms with Crippen LogP contribution in [0.5, 0.6) is 0 Å². The lowest BCUT2D eigenvalue weighted by molar-refractivity contribution is -0.131. The van der Waals surface area contributed by atoms with E-state index in [0.29, 0.717) is 17.3 Å². The molecular weight excluding hydrogens is 320 g/mol. The molecule has 0 spiro atoms. The van der Waals surface area contributed by atoms with Crippen molar-refractivity contribution < 1.29 is 9.21 Å². The van der Waals surface area contributed by atoms with Crippen LogP contribution in [0.4, 0.5) is 0 Å². The number of hydrogen-bond acceptors (Lipinski definition) is 4. The molecular formula is C19H20N2O2S. The van der Waals surface area contributed by atoms with Crippen molar-refractivity contribution in [3.8, 4) is 11.5 Å². The van der Waals surface area contributed by atoms with E-state index in [2.05, 4.69) is 4.98 Å². The first-order valence-electron chi connectivity index (χ1n) is 7.87. The van der Waals surface area contributed by atoms with Crippen molar-refractivity contribution in [3.05, 3.63) is 64.2 Å². The number of nitrogens with zero attached hydrogens (tertiary/aromatic N) is 2. The molecule has 0 saturated heterocycles. The van der Waals surface area contributed by atoms with Crippen LogP contribution in [0.2, 0.25) is 0 Å². The van der Waals surface area contributed by atoms with Crippen molar-refractivity contribution in [2.24, 2.45) is 0 Å². The fraction of sp³-hybridized carbons (Fsp3) is 0.263. The highest BCUT2D eigenvalue weighted by Crippen LogP contribution is 2.25. The minimum Gasteiger partial charge on any atom is -0.441 e. The Hall–Kier alpha value is -2.40. The zero-order valence-corrected chi connectivity index (χ0v) is 14.8. The lowest BCUT2D eigenvalue weighted by Gasteiger charge is -2.23. The van der Waals surface area contributed by atoms with Gasteiger partial charge < -0.3 is 9.32 Å². The summed E-state index contributed by atoms with van der Waals surface area (Å²) in [5, 5.41) is 2.03. The highest BCUT2D eigenvalue weighted by molar-refractivity contribution is 7.10. The van der Waals surface area contributed by atoms with Gasteiger partial charge in [0.1, 0.15) is 5.76 Å². The van der Waals surface area contributed by atoms with E-state index in [9.17, 15) is 4.79 Å². The van der Waals surface area contributed by atoms with Gasteiger partial charge in [0, 0.05) is 17.5 Å². The lowest BCUT2D eigenvalue weighted by Crippen LogP contribution is -2.30. The summed E-state index contributed by atoms with van der Waals surface area (Å²) >= 11 is 1.66. The van der Waals surface area contributed by atoms with Gasteiger partial charge in [0.2, 0.25) is 11.8 Å². The predicted octanol–water partition coefficient (Wildman–Crippen LogP) is 4.47. The van der Waals surface area contributed by atoms with E-state index in [1.807, 2.05) is 68.7 Å². The summed E-state index contributed by atoms with van der Waals surface area (Å²) in [7, 11) is 1.83.